The van der Waals surface area contributed by atoms with Crippen LogP contribution in [0.1, 0.15) is 29.2 Å². The molecule has 5 rings (SSSR count). The van der Waals surface area contributed by atoms with Crippen LogP contribution in [0, 0.1) is 0 Å². The van der Waals surface area contributed by atoms with E-state index in [2.05, 4.69) is 36.2 Å². The monoisotopic (exact) mass is 601 g/mol. The van der Waals surface area contributed by atoms with Crippen molar-refractivity contribution in [3.63, 3.8) is 0 Å². The maximum Gasteiger partial charge on any atom is 0.325 e. The number of aromatic nitrogens is 3. The van der Waals surface area contributed by atoms with E-state index >= 15 is 0 Å². The van der Waals surface area contributed by atoms with Gasteiger partial charge in [-0.05, 0) is 29.8 Å². The van der Waals surface area contributed by atoms with Gasteiger partial charge < -0.3 is 20.1 Å². The second-order valence-electron chi connectivity index (χ2n) is 8.24. The molecule has 1 aliphatic rings. The highest BCUT2D eigenvalue weighted by molar-refractivity contribution is 9.10. The minimum atomic E-state index is -0.854. The summed E-state index contributed by atoms with van der Waals surface area (Å²) < 4.78 is 6.24. The molecule has 190 valence electrons. The number of hydrogen-bond acceptors (Lipinski definition) is 7. The van der Waals surface area contributed by atoms with Gasteiger partial charge in [0.1, 0.15) is 30.3 Å². The van der Waals surface area contributed by atoms with E-state index in [-0.39, 0.29) is 13.2 Å². The van der Waals surface area contributed by atoms with Crippen LogP contribution < -0.4 is 10.1 Å². The van der Waals surface area contributed by atoms with Gasteiger partial charge in [0.05, 0.1) is 34.7 Å². The SMILES string of the molecule is O=C1NC(c2ccc(OCCO)cc2)C(=O)N1[C@@H](Cc1cscn1)c1ncc(-c2ccc(Br)cc2Cl)[nH]1. The number of urea groups is 1. The fourth-order valence-corrected chi connectivity index (χ4v) is 5.48. The van der Waals surface area contributed by atoms with Crippen LogP contribution in [0.15, 0.2) is 64.0 Å². The first-order chi connectivity index (χ1) is 17.9. The average Bonchev–Trinajstić information content (AvgIpc) is 3.63. The topological polar surface area (TPSA) is 120 Å². The Morgan fingerprint density at radius 3 is 2.70 bits per heavy atom. The Balaban J connectivity index is 1.45. The van der Waals surface area contributed by atoms with Gasteiger partial charge in [-0.3, -0.25) is 9.69 Å². The van der Waals surface area contributed by atoms with Gasteiger partial charge in [-0.1, -0.05) is 45.7 Å². The summed E-state index contributed by atoms with van der Waals surface area (Å²) in [5.74, 6) is 0.607. The number of thiazole rings is 1. The van der Waals surface area contributed by atoms with Crippen molar-refractivity contribution in [2.75, 3.05) is 13.2 Å². The van der Waals surface area contributed by atoms with E-state index in [1.807, 2.05) is 17.5 Å². The molecule has 1 fully saturated rings. The molecular formula is C25H21BrClN5O4S. The van der Waals surface area contributed by atoms with E-state index in [0.29, 0.717) is 34.3 Å². The van der Waals surface area contributed by atoms with Crippen LogP contribution in [0.4, 0.5) is 4.79 Å². The number of amides is 3. The third kappa shape index (κ3) is 5.40. The summed E-state index contributed by atoms with van der Waals surface area (Å²) in [4.78, 5) is 40.1. The van der Waals surface area contributed by atoms with Gasteiger partial charge in [0.25, 0.3) is 5.91 Å². The molecular weight excluding hydrogens is 582 g/mol. The van der Waals surface area contributed by atoms with Gasteiger partial charge in [0.2, 0.25) is 0 Å². The second kappa shape index (κ2) is 11.0. The molecule has 12 heteroatoms. The fraction of sp³-hybridized carbons (Fsp3) is 0.200. The van der Waals surface area contributed by atoms with Gasteiger partial charge in [-0.15, -0.1) is 11.3 Å². The molecule has 4 aromatic rings. The van der Waals surface area contributed by atoms with E-state index in [1.54, 1.807) is 42.0 Å². The highest BCUT2D eigenvalue weighted by Gasteiger charge is 2.44. The summed E-state index contributed by atoms with van der Waals surface area (Å²) in [6.45, 7) is 0.0674. The highest BCUT2D eigenvalue weighted by Crippen LogP contribution is 2.34. The predicted octanol–water partition coefficient (Wildman–Crippen LogP) is 4.90. The molecule has 1 unspecified atom stereocenters. The van der Waals surface area contributed by atoms with E-state index in [9.17, 15) is 9.59 Å². The molecule has 3 heterocycles. The molecule has 0 radical (unpaired) electrons. The van der Waals surface area contributed by atoms with Gasteiger partial charge in [0, 0.05) is 21.8 Å². The van der Waals surface area contributed by atoms with E-state index < -0.39 is 24.0 Å². The minimum absolute atomic E-state index is 0.100. The Labute approximate surface area is 229 Å². The summed E-state index contributed by atoms with van der Waals surface area (Å²) in [6.07, 6.45) is 1.93. The van der Waals surface area contributed by atoms with Crippen LogP contribution in [0.3, 0.4) is 0 Å². The Kier molecular flexibility index (Phi) is 7.56. The van der Waals surface area contributed by atoms with Crippen molar-refractivity contribution in [1.29, 1.82) is 0 Å². The van der Waals surface area contributed by atoms with Crippen LogP contribution in [0.25, 0.3) is 11.3 Å². The van der Waals surface area contributed by atoms with Crippen molar-refractivity contribution in [3.8, 4) is 17.0 Å². The number of aromatic amines is 1. The zero-order valence-corrected chi connectivity index (χ0v) is 22.4. The first-order valence-electron chi connectivity index (χ1n) is 11.3. The summed E-state index contributed by atoms with van der Waals surface area (Å²) in [5.41, 5.74) is 4.47. The lowest BCUT2D eigenvalue weighted by Crippen LogP contribution is -2.37. The van der Waals surface area contributed by atoms with Crippen molar-refractivity contribution in [3.05, 3.63) is 86.1 Å². The zero-order valence-electron chi connectivity index (χ0n) is 19.2. The van der Waals surface area contributed by atoms with Crippen molar-refractivity contribution in [1.82, 2.24) is 25.2 Å². The third-order valence-electron chi connectivity index (χ3n) is 5.87. The molecule has 1 aliphatic heterocycles. The Bertz CT molecular complexity index is 1410. The molecule has 0 spiro atoms. The summed E-state index contributed by atoms with van der Waals surface area (Å²) >= 11 is 11.3. The lowest BCUT2D eigenvalue weighted by Gasteiger charge is -2.23. The maximum atomic E-state index is 13.6. The smallest absolute Gasteiger partial charge is 0.325 e. The molecule has 2 aromatic carbocycles. The second-order valence-corrected chi connectivity index (χ2v) is 10.3. The molecule has 3 amide bonds. The number of imidazole rings is 1. The van der Waals surface area contributed by atoms with Gasteiger partial charge in [-0.2, -0.15) is 0 Å². The maximum absolute atomic E-state index is 13.6. The number of aliphatic hydroxyl groups excluding tert-OH is 1. The number of imide groups is 1. The Morgan fingerprint density at radius 1 is 1.19 bits per heavy atom. The standard InChI is InChI=1S/C25H21BrClN5O4S/c26-15-3-6-18(19(27)9-15)20-11-28-23(30-20)21(10-16-12-37-13-29-16)32-24(34)22(31-25(32)35)14-1-4-17(5-2-14)36-8-7-33/h1-6,9,11-13,21-22,33H,7-8,10H2,(H,28,30)(H,31,35)/t21-,22?/m0/s1. The van der Waals surface area contributed by atoms with E-state index in [4.69, 9.17) is 21.4 Å². The molecule has 0 saturated carbocycles. The van der Waals surface area contributed by atoms with Gasteiger partial charge >= 0.3 is 6.03 Å². The molecule has 2 aromatic heterocycles. The normalized spacial score (nSPS) is 16.2. The van der Waals surface area contributed by atoms with Crippen LogP contribution in [-0.4, -0.2) is 50.1 Å². The summed E-state index contributed by atoms with van der Waals surface area (Å²) in [5, 5.41) is 14.1. The lowest BCUT2D eigenvalue weighted by atomic mass is 10.1. The number of nitrogens with one attached hydrogen (secondary N) is 2. The number of halogens is 2. The number of carbonyl (C=O) groups is 2. The number of aliphatic hydroxyl groups is 1. The van der Waals surface area contributed by atoms with Gasteiger partial charge in [-0.25, -0.2) is 14.8 Å². The van der Waals surface area contributed by atoms with Crippen LogP contribution in [0.2, 0.25) is 5.02 Å². The Morgan fingerprint density at radius 2 is 2.00 bits per heavy atom. The largest absolute Gasteiger partial charge is 0.491 e. The third-order valence-corrected chi connectivity index (χ3v) is 7.32. The predicted molar refractivity (Wildman–Crippen MR) is 142 cm³/mol. The van der Waals surface area contributed by atoms with E-state index in [0.717, 1.165) is 15.7 Å². The van der Waals surface area contributed by atoms with Gasteiger partial charge in [0.15, 0.2) is 0 Å². The first kappa shape index (κ1) is 25.4. The number of hydrogen-bond donors (Lipinski definition) is 3. The number of carbonyl (C=O) groups excluding carboxylic acids is 2. The summed E-state index contributed by atoms with van der Waals surface area (Å²) in [7, 11) is 0. The van der Waals surface area contributed by atoms with Crippen LogP contribution >= 0.6 is 38.9 Å². The number of rotatable bonds is 9. The van der Waals surface area contributed by atoms with Crippen molar-refractivity contribution in [2.45, 2.75) is 18.5 Å². The number of benzene rings is 2. The highest BCUT2D eigenvalue weighted by atomic mass is 79.9. The van der Waals surface area contributed by atoms with Crippen LogP contribution in [0.5, 0.6) is 5.75 Å². The molecule has 0 aliphatic carbocycles. The average molecular weight is 603 g/mol. The first-order valence-corrected chi connectivity index (χ1v) is 13.4. The number of ether oxygens (including phenoxy) is 1. The number of nitrogens with zero attached hydrogens (tertiary/aromatic N) is 3. The van der Waals surface area contributed by atoms with Crippen molar-refractivity contribution in [2.24, 2.45) is 0 Å². The quantitative estimate of drug-likeness (QED) is 0.235. The molecule has 3 N–H and O–H groups in total. The lowest BCUT2D eigenvalue weighted by molar-refractivity contribution is -0.129. The zero-order chi connectivity index (χ0) is 25.9. The molecule has 9 nitrogen and oxygen atoms in total. The fourth-order valence-electron chi connectivity index (χ4n) is 4.13. The Hall–Kier alpha value is -3.25. The van der Waals surface area contributed by atoms with E-state index in [1.165, 1.54) is 16.2 Å². The molecule has 37 heavy (non-hydrogen) atoms. The minimum Gasteiger partial charge on any atom is -0.491 e. The number of H-pyrrole nitrogens is 1. The molecule has 1 saturated heterocycles. The summed E-state index contributed by atoms with van der Waals surface area (Å²) in [6, 6.07) is 10.3. The van der Waals surface area contributed by atoms with Crippen molar-refractivity contribution >= 4 is 50.8 Å². The van der Waals surface area contributed by atoms with Crippen LogP contribution in [-0.2, 0) is 11.2 Å². The van der Waals surface area contributed by atoms with Crippen molar-refractivity contribution < 1.29 is 19.4 Å². The molecule has 2 atom stereocenters. The molecule has 0 bridgehead atoms.